The minimum absolute atomic E-state index is 0.0269. The van der Waals surface area contributed by atoms with Crippen molar-refractivity contribution in [3.05, 3.63) is 23.3 Å². The van der Waals surface area contributed by atoms with E-state index in [1.807, 2.05) is 0 Å². The first-order valence-corrected chi connectivity index (χ1v) is 10.00. The summed E-state index contributed by atoms with van der Waals surface area (Å²) in [6.07, 6.45) is 8.30. The lowest BCUT2D eigenvalue weighted by Crippen LogP contribution is -2.25. The van der Waals surface area contributed by atoms with Crippen LogP contribution in [0.25, 0.3) is 0 Å². The Bertz CT molecular complexity index is 597. The van der Waals surface area contributed by atoms with Crippen molar-refractivity contribution in [2.24, 2.45) is 5.92 Å². The van der Waals surface area contributed by atoms with Crippen LogP contribution in [0.15, 0.2) is 6.07 Å². The Morgan fingerprint density at radius 3 is 2.62 bits per heavy atom. The van der Waals surface area contributed by atoms with Gasteiger partial charge >= 0.3 is 0 Å². The normalized spacial score (nSPS) is 25.5. The number of hydrogen-bond donors (Lipinski definition) is 0. The zero-order valence-electron chi connectivity index (χ0n) is 15.9. The third-order valence-corrected chi connectivity index (χ3v) is 5.51. The van der Waals surface area contributed by atoms with E-state index in [2.05, 4.69) is 6.92 Å². The van der Waals surface area contributed by atoms with E-state index in [4.69, 9.17) is 14.2 Å². The lowest BCUT2D eigenvalue weighted by molar-refractivity contribution is 0.0135. The predicted octanol–water partition coefficient (Wildman–Crippen LogP) is 5.43. The van der Waals surface area contributed by atoms with Gasteiger partial charge in [0, 0.05) is 12.2 Å². The fourth-order valence-corrected chi connectivity index (χ4v) is 3.91. The molecule has 0 aromatic heterocycles. The standard InChI is InChI=1S/C21H30F2O3/c1-3-24-18-13-15-8-11-17(26-21(15)20(23)19(18)22)5-4-12-25-16-9-6-14(2)7-10-16/h13-14,16-17H,3-12H2,1-2H3. The molecule has 2 aliphatic rings. The van der Waals surface area contributed by atoms with E-state index in [0.717, 1.165) is 38.0 Å². The van der Waals surface area contributed by atoms with Crippen LogP contribution in [0.4, 0.5) is 8.78 Å². The smallest absolute Gasteiger partial charge is 0.204 e. The fraction of sp³-hybridized carbons (Fsp3) is 0.714. The molecule has 1 aliphatic heterocycles. The summed E-state index contributed by atoms with van der Waals surface area (Å²) in [4.78, 5) is 0. The first-order chi connectivity index (χ1) is 12.6. The highest BCUT2D eigenvalue weighted by atomic mass is 19.2. The molecule has 0 spiro atoms. The van der Waals surface area contributed by atoms with Gasteiger partial charge in [-0.3, -0.25) is 0 Å². The zero-order valence-corrected chi connectivity index (χ0v) is 15.9. The van der Waals surface area contributed by atoms with Gasteiger partial charge in [0.1, 0.15) is 0 Å². The molecule has 1 saturated carbocycles. The molecule has 1 fully saturated rings. The third-order valence-electron chi connectivity index (χ3n) is 5.51. The summed E-state index contributed by atoms with van der Waals surface area (Å²) >= 11 is 0. The van der Waals surface area contributed by atoms with Crippen LogP contribution in [-0.4, -0.2) is 25.4 Å². The van der Waals surface area contributed by atoms with Crippen LogP contribution in [0.2, 0.25) is 0 Å². The second-order valence-corrected chi connectivity index (χ2v) is 7.60. The van der Waals surface area contributed by atoms with Crippen LogP contribution in [0.1, 0.15) is 64.4 Å². The van der Waals surface area contributed by atoms with Crippen molar-refractivity contribution in [3.63, 3.8) is 0 Å². The van der Waals surface area contributed by atoms with Crippen LogP contribution in [-0.2, 0) is 11.2 Å². The van der Waals surface area contributed by atoms with Crippen molar-refractivity contribution in [1.82, 2.24) is 0 Å². The Kier molecular flexibility index (Phi) is 6.74. The lowest BCUT2D eigenvalue weighted by Gasteiger charge is -2.28. The molecule has 1 aliphatic carbocycles. The lowest BCUT2D eigenvalue weighted by atomic mass is 9.89. The van der Waals surface area contributed by atoms with E-state index in [1.54, 1.807) is 13.0 Å². The Hall–Kier alpha value is -1.36. The predicted molar refractivity (Wildman–Crippen MR) is 96.9 cm³/mol. The minimum atomic E-state index is -0.957. The molecule has 1 aromatic rings. The number of halogens is 2. The molecule has 1 aromatic carbocycles. The molecular formula is C21H30F2O3. The molecule has 0 amide bonds. The first kappa shape index (κ1) is 19.4. The summed E-state index contributed by atoms with van der Waals surface area (Å²) in [5.74, 6) is -1.03. The Balaban J connectivity index is 1.47. The Labute approximate surface area is 155 Å². The average molecular weight is 368 g/mol. The van der Waals surface area contributed by atoms with Crippen LogP contribution in [0.3, 0.4) is 0 Å². The van der Waals surface area contributed by atoms with Gasteiger partial charge in [0.15, 0.2) is 11.5 Å². The first-order valence-electron chi connectivity index (χ1n) is 10.00. The van der Waals surface area contributed by atoms with Gasteiger partial charge in [0.05, 0.1) is 18.8 Å². The molecule has 146 valence electrons. The van der Waals surface area contributed by atoms with E-state index in [9.17, 15) is 8.78 Å². The molecule has 0 N–H and O–H groups in total. The second kappa shape index (κ2) is 9.03. The van der Waals surface area contributed by atoms with Crippen molar-refractivity contribution in [1.29, 1.82) is 0 Å². The van der Waals surface area contributed by atoms with E-state index in [-0.39, 0.29) is 17.6 Å². The Morgan fingerprint density at radius 1 is 1.12 bits per heavy atom. The van der Waals surface area contributed by atoms with Gasteiger partial charge in [0.2, 0.25) is 11.6 Å². The molecule has 0 bridgehead atoms. The minimum Gasteiger partial charge on any atom is -0.491 e. The van der Waals surface area contributed by atoms with Gasteiger partial charge in [-0.05, 0) is 70.3 Å². The number of benzene rings is 1. The second-order valence-electron chi connectivity index (χ2n) is 7.60. The summed E-state index contributed by atoms with van der Waals surface area (Å²) in [6.45, 7) is 5.07. The largest absolute Gasteiger partial charge is 0.491 e. The fourth-order valence-electron chi connectivity index (χ4n) is 3.91. The molecule has 1 atom stereocenters. The Morgan fingerprint density at radius 2 is 1.88 bits per heavy atom. The van der Waals surface area contributed by atoms with Crippen molar-refractivity contribution in [2.45, 2.75) is 77.4 Å². The maximum Gasteiger partial charge on any atom is 0.204 e. The van der Waals surface area contributed by atoms with Gasteiger partial charge < -0.3 is 14.2 Å². The summed E-state index contributed by atoms with van der Waals surface area (Å²) < 4.78 is 45.2. The van der Waals surface area contributed by atoms with Crippen LogP contribution in [0, 0.1) is 17.6 Å². The van der Waals surface area contributed by atoms with Crippen molar-refractivity contribution < 1.29 is 23.0 Å². The van der Waals surface area contributed by atoms with E-state index in [0.29, 0.717) is 31.3 Å². The van der Waals surface area contributed by atoms with Gasteiger partial charge in [-0.1, -0.05) is 6.92 Å². The van der Waals surface area contributed by atoms with Crippen molar-refractivity contribution in [2.75, 3.05) is 13.2 Å². The quantitative estimate of drug-likeness (QED) is 0.601. The number of fused-ring (bicyclic) bond motifs is 1. The molecule has 0 radical (unpaired) electrons. The summed E-state index contributed by atoms with van der Waals surface area (Å²) in [6, 6.07) is 1.57. The van der Waals surface area contributed by atoms with Gasteiger partial charge in [-0.2, -0.15) is 8.78 Å². The summed E-state index contributed by atoms with van der Waals surface area (Å²) in [7, 11) is 0. The molecule has 1 heterocycles. The maximum absolute atomic E-state index is 14.3. The molecule has 0 saturated heterocycles. The topological polar surface area (TPSA) is 27.7 Å². The highest BCUT2D eigenvalue weighted by Crippen LogP contribution is 2.37. The average Bonchev–Trinajstić information content (AvgIpc) is 2.65. The number of rotatable bonds is 7. The maximum atomic E-state index is 14.3. The van der Waals surface area contributed by atoms with E-state index in [1.165, 1.54) is 12.8 Å². The van der Waals surface area contributed by atoms with Gasteiger partial charge in [-0.25, -0.2) is 0 Å². The van der Waals surface area contributed by atoms with Crippen LogP contribution in [0.5, 0.6) is 11.5 Å². The van der Waals surface area contributed by atoms with Crippen molar-refractivity contribution >= 4 is 0 Å². The summed E-state index contributed by atoms with van der Waals surface area (Å²) in [5, 5.41) is 0. The van der Waals surface area contributed by atoms with Gasteiger partial charge in [-0.15, -0.1) is 0 Å². The molecule has 5 heteroatoms. The highest BCUT2D eigenvalue weighted by Gasteiger charge is 2.27. The number of aryl methyl sites for hydroxylation is 1. The zero-order chi connectivity index (χ0) is 18.5. The highest BCUT2D eigenvalue weighted by molar-refractivity contribution is 5.44. The summed E-state index contributed by atoms with van der Waals surface area (Å²) in [5.41, 5.74) is 0.691. The molecule has 1 unspecified atom stereocenters. The van der Waals surface area contributed by atoms with Crippen LogP contribution < -0.4 is 9.47 Å². The van der Waals surface area contributed by atoms with Gasteiger partial charge in [0.25, 0.3) is 0 Å². The van der Waals surface area contributed by atoms with E-state index >= 15 is 0 Å². The number of hydrogen-bond acceptors (Lipinski definition) is 3. The van der Waals surface area contributed by atoms with Crippen molar-refractivity contribution in [3.8, 4) is 11.5 Å². The van der Waals surface area contributed by atoms with Crippen LogP contribution >= 0.6 is 0 Å². The SMILES string of the molecule is CCOc1cc2c(c(F)c1F)OC(CCCOC1CCC(C)CC1)CC2. The molecule has 3 rings (SSSR count). The monoisotopic (exact) mass is 368 g/mol. The molecular weight excluding hydrogens is 338 g/mol. The third kappa shape index (κ3) is 4.67. The molecule has 3 nitrogen and oxygen atoms in total. The van der Waals surface area contributed by atoms with E-state index < -0.39 is 11.6 Å². The molecule has 26 heavy (non-hydrogen) atoms. The number of ether oxygens (including phenoxy) is 3.